The molecule has 1 atom stereocenters. The van der Waals surface area contributed by atoms with Gasteiger partial charge >= 0.3 is 0 Å². The number of aliphatic hydroxyl groups is 1. The van der Waals surface area contributed by atoms with Gasteiger partial charge in [0.1, 0.15) is 11.9 Å². The number of aliphatic hydroxyl groups excluding tert-OH is 1. The average Bonchev–Trinajstić information content (AvgIpc) is 3.33. The second-order valence-corrected chi connectivity index (χ2v) is 7.09. The average molecular weight is 365 g/mol. The summed E-state index contributed by atoms with van der Waals surface area (Å²) in [6.07, 6.45) is 4.90. The molecule has 0 fully saturated rings. The molecule has 2 aromatic heterocycles. The molecule has 1 aromatic carbocycles. The molecule has 26 heavy (non-hydrogen) atoms. The van der Waals surface area contributed by atoms with Gasteiger partial charge < -0.3 is 5.11 Å². The van der Waals surface area contributed by atoms with Gasteiger partial charge in [0, 0.05) is 35.5 Å². The first-order valence-electron chi connectivity index (χ1n) is 8.21. The van der Waals surface area contributed by atoms with Crippen molar-refractivity contribution in [2.45, 2.75) is 19.4 Å². The van der Waals surface area contributed by atoms with E-state index in [1.807, 2.05) is 18.2 Å². The van der Waals surface area contributed by atoms with Crippen LogP contribution in [0.25, 0.3) is 10.4 Å². The molecule has 0 bridgehead atoms. The summed E-state index contributed by atoms with van der Waals surface area (Å²) in [4.78, 5) is 5.93. The van der Waals surface area contributed by atoms with Gasteiger partial charge in [-0.05, 0) is 47.9 Å². The molecule has 130 valence electrons. The Morgan fingerprint density at radius 1 is 1.15 bits per heavy atom. The Hall–Kier alpha value is -2.70. The van der Waals surface area contributed by atoms with Crippen LogP contribution in [0.5, 0.6) is 0 Å². The minimum absolute atomic E-state index is 0.325. The third kappa shape index (κ3) is 2.98. The van der Waals surface area contributed by atoms with Crippen LogP contribution in [0.3, 0.4) is 0 Å². The van der Waals surface area contributed by atoms with Gasteiger partial charge in [-0.2, -0.15) is 10.2 Å². The monoisotopic (exact) mass is 365 g/mol. The lowest BCUT2D eigenvalue weighted by atomic mass is 9.95. The van der Waals surface area contributed by atoms with Crippen LogP contribution in [-0.4, -0.2) is 22.0 Å². The van der Waals surface area contributed by atoms with E-state index in [0.717, 1.165) is 26.6 Å². The highest BCUT2D eigenvalue weighted by Gasteiger charge is 2.24. The largest absolute Gasteiger partial charge is 0.384 e. The fourth-order valence-electron chi connectivity index (χ4n) is 3.00. The molecule has 0 saturated carbocycles. The Bertz CT molecular complexity index is 1010. The van der Waals surface area contributed by atoms with Crippen molar-refractivity contribution in [2.24, 2.45) is 10.2 Å². The van der Waals surface area contributed by atoms with Gasteiger partial charge in [0.2, 0.25) is 0 Å². The van der Waals surface area contributed by atoms with Crippen molar-refractivity contribution in [3.8, 4) is 10.4 Å². The van der Waals surface area contributed by atoms with Gasteiger partial charge in [-0.25, -0.2) is 4.39 Å². The molecule has 0 saturated heterocycles. The maximum atomic E-state index is 14.0. The molecule has 4 rings (SSSR count). The number of thiophene rings is 1. The normalized spacial score (nSPS) is 14.5. The molecule has 6 heteroatoms. The number of benzene rings is 1. The Kier molecular flexibility index (Phi) is 4.44. The van der Waals surface area contributed by atoms with E-state index < -0.39 is 6.10 Å². The first-order valence-corrected chi connectivity index (χ1v) is 9.02. The fraction of sp³-hybridized carbons (Fsp3) is 0.150. The van der Waals surface area contributed by atoms with Gasteiger partial charge in [-0.3, -0.25) is 4.98 Å². The number of nitrogens with zero attached hydrogens (tertiary/aromatic N) is 3. The van der Waals surface area contributed by atoms with Crippen LogP contribution < -0.4 is 0 Å². The van der Waals surface area contributed by atoms with Gasteiger partial charge in [-0.1, -0.05) is 12.1 Å². The van der Waals surface area contributed by atoms with Crippen LogP contribution in [-0.2, 0) is 0 Å². The molecule has 1 unspecified atom stereocenters. The van der Waals surface area contributed by atoms with E-state index in [2.05, 4.69) is 15.2 Å². The standard InChI is InChI=1S/C20H16FN3OS/c1-12-14(3-2-4-16(12)21)19(25)15-11-18(13-5-8-22-9-6-13)26-20(15)17-7-10-23-24-17/h2-6,8-11,19,25H,7H2,1H3. The number of aromatic nitrogens is 1. The van der Waals surface area contributed by atoms with E-state index in [9.17, 15) is 9.50 Å². The molecule has 1 N–H and O–H groups in total. The molecule has 3 heterocycles. The summed E-state index contributed by atoms with van der Waals surface area (Å²) in [6.45, 7) is 1.68. The SMILES string of the molecule is Cc1c(F)cccc1C(O)c1cc(-c2ccncc2)sc1C1=NN=CC1. The summed E-state index contributed by atoms with van der Waals surface area (Å²) >= 11 is 1.55. The molecule has 0 amide bonds. The highest BCUT2D eigenvalue weighted by Crippen LogP contribution is 2.38. The molecule has 0 aliphatic carbocycles. The highest BCUT2D eigenvalue weighted by molar-refractivity contribution is 7.17. The van der Waals surface area contributed by atoms with E-state index in [4.69, 9.17) is 0 Å². The topological polar surface area (TPSA) is 57.8 Å². The molecule has 0 spiro atoms. The molecule has 1 aliphatic rings. The third-order valence-corrected chi connectivity index (χ3v) is 5.68. The summed E-state index contributed by atoms with van der Waals surface area (Å²) in [5.41, 5.74) is 3.57. The van der Waals surface area contributed by atoms with Crippen molar-refractivity contribution in [3.05, 3.63) is 76.2 Å². The zero-order valence-electron chi connectivity index (χ0n) is 14.1. The second kappa shape index (κ2) is 6.90. The van der Waals surface area contributed by atoms with Gasteiger partial charge in [0.25, 0.3) is 0 Å². The number of hydrogen-bond acceptors (Lipinski definition) is 5. The minimum Gasteiger partial charge on any atom is -0.384 e. The molecule has 3 aromatic rings. The smallest absolute Gasteiger partial charge is 0.126 e. The number of halogens is 1. The Balaban J connectivity index is 1.84. The Morgan fingerprint density at radius 2 is 1.96 bits per heavy atom. The molecule has 1 aliphatic heterocycles. The predicted octanol–water partition coefficient (Wildman–Crippen LogP) is 4.52. The van der Waals surface area contributed by atoms with Crippen LogP contribution in [0, 0.1) is 12.7 Å². The zero-order valence-corrected chi connectivity index (χ0v) is 14.9. The van der Waals surface area contributed by atoms with E-state index in [-0.39, 0.29) is 5.82 Å². The first kappa shape index (κ1) is 16.8. The van der Waals surface area contributed by atoms with Crippen molar-refractivity contribution in [2.75, 3.05) is 0 Å². The zero-order chi connectivity index (χ0) is 18.1. The predicted molar refractivity (Wildman–Crippen MR) is 102 cm³/mol. The summed E-state index contributed by atoms with van der Waals surface area (Å²) < 4.78 is 14.0. The van der Waals surface area contributed by atoms with E-state index in [1.54, 1.807) is 49.0 Å². The lowest BCUT2D eigenvalue weighted by Gasteiger charge is -2.15. The van der Waals surface area contributed by atoms with Crippen LogP contribution in [0.4, 0.5) is 4.39 Å². The summed E-state index contributed by atoms with van der Waals surface area (Å²) in [6, 6.07) is 10.6. The minimum atomic E-state index is -0.934. The second-order valence-electron chi connectivity index (χ2n) is 6.04. The lowest BCUT2D eigenvalue weighted by Crippen LogP contribution is -2.07. The Labute approximate surface area is 154 Å². The van der Waals surface area contributed by atoms with Crippen LogP contribution in [0.2, 0.25) is 0 Å². The number of rotatable bonds is 4. The number of pyridine rings is 1. The third-order valence-electron chi connectivity index (χ3n) is 4.43. The maximum absolute atomic E-state index is 14.0. The van der Waals surface area contributed by atoms with Crippen LogP contribution >= 0.6 is 11.3 Å². The van der Waals surface area contributed by atoms with Crippen molar-refractivity contribution in [1.29, 1.82) is 0 Å². The lowest BCUT2D eigenvalue weighted by molar-refractivity contribution is 0.219. The summed E-state index contributed by atoms with van der Waals surface area (Å²) in [7, 11) is 0. The van der Waals surface area contributed by atoms with E-state index in [1.165, 1.54) is 6.07 Å². The Morgan fingerprint density at radius 3 is 2.69 bits per heavy atom. The molecule has 0 radical (unpaired) electrons. The van der Waals surface area contributed by atoms with Gasteiger partial charge in [0.05, 0.1) is 10.6 Å². The first-order chi connectivity index (χ1) is 12.6. The maximum Gasteiger partial charge on any atom is 0.126 e. The van der Waals surface area contributed by atoms with Gasteiger partial charge in [0.15, 0.2) is 0 Å². The van der Waals surface area contributed by atoms with Crippen molar-refractivity contribution in [3.63, 3.8) is 0 Å². The van der Waals surface area contributed by atoms with Crippen LogP contribution in [0.15, 0.2) is 59.0 Å². The van der Waals surface area contributed by atoms with Crippen molar-refractivity contribution in [1.82, 2.24) is 4.98 Å². The summed E-state index contributed by atoms with van der Waals surface area (Å²) in [5, 5.41) is 19.2. The molecule has 4 nitrogen and oxygen atoms in total. The van der Waals surface area contributed by atoms with E-state index >= 15 is 0 Å². The van der Waals surface area contributed by atoms with Crippen molar-refractivity contribution >= 4 is 23.3 Å². The summed E-state index contributed by atoms with van der Waals surface area (Å²) in [5.74, 6) is -0.325. The molecular weight excluding hydrogens is 349 g/mol. The quantitative estimate of drug-likeness (QED) is 0.739. The van der Waals surface area contributed by atoms with E-state index in [0.29, 0.717) is 17.5 Å². The van der Waals surface area contributed by atoms with Crippen molar-refractivity contribution < 1.29 is 9.50 Å². The van der Waals surface area contributed by atoms with Gasteiger partial charge in [-0.15, -0.1) is 11.3 Å². The highest BCUT2D eigenvalue weighted by atomic mass is 32.1. The molecular formula is C20H16FN3OS. The fourth-order valence-corrected chi connectivity index (χ4v) is 4.19. The van der Waals surface area contributed by atoms with Crippen LogP contribution in [0.1, 0.15) is 34.1 Å². The number of hydrogen-bond donors (Lipinski definition) is 1.